The zero-order chi connectivity index (χ0) is 18.1. The Labute approximate surface area is 156 Å². The predicted octanol–water partition coefficient (Wildman–Crippen LogP) is 3.35. The van der Waals surface area contributed by atoms with Gasteiger partial charge in [0, 0.05) is 48.2 Å². The average molecular weight is 367 g/mol. The quantitative estimate of drug-likeness (QED) is 0.772. The van der Waals surface area contributed by atoms with Gasteiger partial charge in [-0.3, -0.25) is 14.7 Å². The van der Waals surface area contributed by atoms with E-state index in [1.54, 1.807) is 12.4 Å². The second kappa shape index (κ2) is 7.02. The van der Waals surface area contributed by atoms with Crippen LogP contribution in [0.15, 0.2) is 47.5 Å². The minimum atomic E-state index is -0.0492. The second-order valence-electron chi connectivity index (χ2n) is 6.63. The van der Waals surface area contributed by atoms with E-state index in [-0.39, 0.29) is 5.56 Å². The Balaban J connectivity index is 1.60. The lowest BCUT2D eigenvalue weighted by Crippen LogP contribution is -2.35. The molecule has 2 aromatic heterocycles. The lowest BCUT2D eigenvalue weighted by molar-refractivity contribution is 0.240. The summed E-state index contributed by atoms with van der Waals surface area (Å²) >= 11 is 6.24. The van der Waals surface area contributed by atoms with Crippen molar-refractivity contribution in [2.75, 3.05) is 6.54 Å². The van der Waals surface area contributed by atoms with Crippen LogP contribution in [0.4, 0.5) is 0 Å². The van der Waals surface area contributed by atoms with Gasteiger partial charge in [-0.2, -0.15) is 0 Å². The van der Waals surface area contributed by atoms with Gasteiger partial charge in [0.25, 0.3) is 5.56 Å². The standard InChI is InChI=1S/C20H19ClN4O/c1-13-4-5-14(9-17(13)21)11-25-8-6-16-18(12-25)23-19(24-20(16)26)15-3-2-7-22-10-15/h2-5,7,9-10H,6,8,11-12H2,1H3,(H,23,24,26). The van der Waals surface area contributed by atoms with Crippen molar-refractivity contribution in [2.45, 2.75) is 26.4 Å². The molecule has 1 N–H and O–H groups in total. The first-order valence-electron chi connectivity index (χ1n) is 8.60. The molecule has 0 bridgehead atoms. The van der Waals surface area contributed by atoms with E-state index in [2.05, 4.69) is 20.9 Å². The Morgan fingerprint density at radius 2 is 2.19 bits per heavy atom. The van der Waals surface area contributed by atoms with Crippen LogP contribution < -0.4 is 5.56 Å². The first-order chi connectivity index (χ1) is 12.6. The van der Waals surface area contributed by atoms with Crippen LogP contribution in [-0.4, -0.2) is 26.4 Å². The molecule has 1 aliphatic rings. The highest BCUT2D eigenvalue weighted by Gasteiger charge is 2.21. The molecule has 0 aliphatic carbocycles. The van der Waals surface area contributed by atoms with Crippen LogP contribution in [0.2, 0.25) is 5.02 Å². The Kier molecular flexibility index (Phi) is 4.57. The number of aromatic nitrogens is 3. The number of halogens is 1. The van der Waals surface area contributed by atoms with Crippen molar-refractivity contribution >= 4 is 11.6 Å². The maximum absolute atomic E-state index is 12.5. The zero-order valence-corrected chi connectivity index (χ0v) is 15.3. The highest BCUT2D eigenvalue weighted by Crippen LogP contribution is 2.22. The number of nitrogens with zero attached hydrogens (tertiary/aromatic N) is 3. The molecule has 1 aliphatic heterocycles. The van der Waals surface area contributed by atoms with Crippen molar-refractivity contribution in [1.82, 2.24) is 19.9 Å². The van der Waals surface area contributed by atoms with E-state index in [1.165, 1.54) is 5.56 Å². The molecular weight excluding hydrogens is 348 g/mol. The lowest BCUT2D eigenvalue weighted by atomic mass is 10.0. The van der Waals surface area contributed by atoms with Gasteiger partial charge in [0.05, 0.1) is 5.69 Å². The zero-order valence-electron chi connectivity index (χ0n) is 14.5. The molecule has 0 fully saturated rings. The van der Waals surface area contributed by atoms with Crippen LogP contribution in [-0.2, 0) is 19.5 Å². The number of aromatic amines is 1. The molecule has 0 atom stereocenters. The Hall–Kier alpha value is -2.50. The minimum absolute atomic E-state index is 0.0492. The Morgan fingerprint density at radius 3 is 2.96 bits per heavy atom. The summed E-state index contributed by atoms with van der Waals surface area (Å²) < 4.78 is 0. The van der Waals surface area contributed by atoms with Crippen molar-refractivity contribution < 1.29 is 0 Å². The molecule has 132 valence electrons. The van der Waals surface area contributed by atoms with Gasteiger partial charge in [-0.1, -0.05) is 23.7 Å². The second-order valence-corrected chi connectivity index (χ2v) is 7.03. The van der Waals surface area contributed by atoms with Crippen LogP contribution in [0.25, 0.3) is 11.4 Å². The number of hydrogen-bond acceptors (Lipinski definition) is 4. The summed E-state index contributed by atoms with van der Waals surface area (Å²) in [7, 11) is 0. The molecule has 0 saturated heterocycles. The Morgan fingerprint density at radius 1 is 1.31 bits per heavy atom. The number of pyridine rings is 1. The highest BCUT2D eigenvalue weighted by atomic mass is 35.5. The fourth-order valence-electron chi connectivity index (χ4n) is 3.26. The SMILES string of the molecule is Cc1ccc(CN2CCc3c(nc(-c4cccnc4)[nH]c3=O)C2)cc1Cl. The number of rotatable bonds is 3. The van der Waals surface area contributed by atoms with Crippen LogP contribution in [0.1, 0.15) is 22.4 Å². The van der Waals surface area contributed by atoms with Crippen molar-refractivity contribution in [3.05, 3.63) is 80.5 Å². The molecule has 1 aromatic carbocycles. The first-order valence-corrected chi connectivity index (χ1v) is 8.98. The summed E-state index contributed by atoms with van der Waals surface area (Å²) in [5.41, 5.74) is 4.64. The number of nitrogens with one attached hydrogen (secondary N) is 1. The fraction of sp³-hybridized carbons (Fsp3) is 0.250. The summed E-state index contributed by atoms with van der Waals surface area (Å²) in [6.45, 7) is 4.27. The van der Waals surface area contributed by atoms with Crippen molar-refractivity contribution in [3.63, 3.8) is 0 Å². The van der Waals surface area contributed by atoms with Gasteiger partial charge in [0.15, 0.2) is 0 Å². The Bertz CT molecular complexity index is 1000. The highest BCUT2D eigenvalue weighted by molar-refractivity contribution is 6.31. The molecule has 0 saturated carbocycles. The number of aryl methyl sites for hydroxylation is 1. The predicted molar refractivity (Wildman–Crippen MR) is 102 cm³/mol. The summed E-state index contributed by atoms with van der Waals surface area (Å²) in [6, 6.07) is 9.88. The molecule has 3 heterocycles. The number of hydrogen-bond donors (Lipinski definition) is 1. The first kappa shape index (κ1) is 16.9. The van der Waals surface area contributed by atoms with Gasteiger partial charge in [-0.15, -0.1) is 0 Å². The molecule has 4 rings (SSSR count). The van der Waals surface area contributed by atoms with Crippen LogP contribution >= 0.6 is 11.6 Å². The monoisotopic (exact) mass is 366 g/mol. The summed E-state index contributed by atoms with van der Waals surface area (Å²) in [4.78, 5) is 26.4. The molecule has 26 heavy (non-hydrogen) atoms. The maximum atomic E-state index is 12.5. The fourth-order valence-corrected chi connectivity index (χ4v) is 3.46. The molecule has 6 heteroatoms. The van der Waals surface area contributed by atoms with Gasteiger partial charge in [0.2, 0.25) is 0 Å². The van der Waals surface area contributed by atoms with E-state index < -0.39 is 0 Å². The third kappa shape index (κ3) is 3.41. The molecule has 0 spiro atoms. The van der Waals surface area contributed by atoms with Gasteiger partial charge in [-0.05, 0) is 42.7 Å². The van der Waals surface area contributed by atoms with Crippen molar-refractivity contribution in [3.8, 4) is 11.4 Å². The molecule has 0 amide bonds. The maximum Gasteiger partial charge on any atom is 0.254 e. The van der Waals surface area contributed by atoms with Crippen LogP contribution in [0, 0.1) is 6.92 Å². The largest absolute Gasteiger partial charge is 0.306 e. The minimum Gasteiger partial charge on any atom is -0.306 e. The molecule has 0 unspecified atom stereocenters. The third-order valence-electron chi connectivity index (χ3n) is 4.73. The molecular formula is C20H19ClN4O. The number of benzene rings is 1. The van der Waals surface area contributed by atoms with Crippen LogP contribution in [0.5, 0.6) is 0 Å². The molecule has 5 nitrogen and oxygen atoms in total. The summed E-state index contributed by atoms with van der Waals surface area (Å²) in [6.07, 6.45) is 4.11. The van der Waals surface area contributed by atoms with Crippen LogP contribution in [0.3, 0.4) is 0 Å². The smallest absolute Gasteiger partial charge is 0.254 e. The van der Waals surface area contributed by atoms with E-state index in [0.29, 0.717) is 18.8 Å². The number of H-pyrrole nitrogens is 1. The third-order valence-corrected chi connectivity index (χ3v) is 5.14. The topological polar surface area (TPSA) is 61.9 Å². The van der Waals surface area contributed by atoms with E-state index in [9.17, 15) is 4.79 Å². The summed E-state index contributed by atoms with van der Waals surface area (Å²) in [5, 5.41) is 0.786. The normalized spacial score (nSPS) is 14.2. The summed E-state index contributed by atoms with van der Waals surface area (Å²) in [5.74, 6) is 0.571. The molecule has 3 aromatic rings. The number of fused-ring (bicyclic) bond motifs is 1. The van der Waals surface area contributed by atoms with Gasteiger partial charge in [0.1, 0.15) is 5.82 Å². The molecule has 0 radical (unpaired) electrons. The van der Waals surface area contributed by atoms with E-state index in [0.717, 1.165) is 40.5 Å². The van der Waals surface area contributed by atoms with Crippen molar-refractivity contribution in [2.24, 2.45) is 0 Å². The van der Waals surface area contributed by atoms with Gasteiger partial charge < -0.3 is 4.98 Å². The van der Waals surface area contributed by atoms with E-state index >= 15 is 0 Å². The average Bonchev–Trinajstić information content (AvgIpc) is 2.65. The van der Waals surface area contributed by atoms with Gasteiger partial charge in [-0.25, -0.2) is 4.98 Å². The van der Waals surface area contributed by atoms with E-state index in [4.69, 9.17) is 16.6 Å². The lowest BCUT2D eigenvalue weighted by Gasteiger charge is -2.27. The van der Waals surface area contributed by atoms with Crippen molar-refractivity contribution in [1.29, 1.82) is 0 Å². The van der Waals surface area contributed by atoms with Gasteiger partial charge >= 0.3 is 0 Å². The van der Waals surface area contributed by atoms with E-state index in [1.807, 2.05) is 31.2 Å².